The Hall–Kier alpha value is -2.53. The molecule has 0 spiro atoms. The van der Waals surface area contributed by atoms with E-state index in [0.29, 0.717) is 0 Å². The summed E-state index contributed by atoms with van der Waals surface area (Å²) in [6.45, 7) is 1.53. The third-order valence-electron chi connectivity index (χ3n) is 3.34. The van der Waals surface area contributed by atoms with E-state index in [1.165, 1.54) is 0 Å². The summed E-state index contributed by atoms with van der Waals surface area (Å²) in [5.41, 5.74) is 2.57. The summed E-state index contributed by atoms with van der Waals surface area (Å²) in [6.07, 6.45) is 4.48. The maximum atomic E-state index is 5.08. The Labute approximate surface area is 129 Å². The van der Waals surface area contributed by atoms with Crippen molar-refractivity contribution >= 4 is 16.7 Å². The summed E-state index contributed by atoms with van der Waals surface area (Å²) in [5.74, 6) is 0.836. The van der Waals surface area contributed by atoms with E-state index in [4.69, 9.17) is 9.72 Å². The smallest absolute Gasteiger partial charge is 0.136 e. The van der Waals surface area contributed by atoms with Gasteiger partial charge in [0.15, 0.2) is 0 Å². The molecule has 0 aliphatic heterocycles. The van der Waals surface area contributed by atoms with E-state index < -0.39 is 0 Å². The summed E-state index contributed by atoms with van der Waals surface area (Å²) in [7, 11) is 1.71. The van der Waals surface area contributed by atoms with E-state index in [0.717, 1.165) is 47.7 Å². The Morgan fingerprint density at radius 3 is 2.77 bits per heavy atom. The zero-order valence-electron chi connectivity index (χ0n) is 12.5. The molecule has 0 aliphatic rings. The van der Waals surface area contributed by atoms with Crippen LogP contribution in [0.15, 0.2) is 48.8 Å². The first-order valence-electron chi connectivity index (χ1n) is 7.28. The molecule has 0 aromatic carbocycles. The van der Waals surface area contributed by atoms with Gasteiger partial charge in [0, 0.05) is 38.0 Å². The van der Waals surface area contributed by atoms with Crippen LogP contribution in [0.25, 0.3) is 22.3 Å². The van der Waals surface area contributed by atoms with Gasteiger partial charge in [0.25, 0.3) is 0 Å². The molecule has 1 N–H and O–H groups in total. The molecule has 3 rings (SSSR count). The highest BCUT2D eigenvalue weighted by Crippen LogP contribution is 2.25. The zero-order chi connectivity index (χ0) is 15.2. The van der Waals surface area contributed by atoms with Crippen molar-refractivity contribution in [2.75, 3.05) is 25.6 Å². The van der Waals surface area contributed by atoms with Gasteiger partial charge in [0.1, 0.15) is 5.82 Å². The topological polar surface area (TPSA) is 59.9 Å². The molecule has 5 nitrogen and oxygen atoms in total. The van der Waals surface area contributed by atoms with Crippen LogP contribution in [0.3, 0.4) is 0 Å². The summed E-state index contributed by atoms with van der Waals surface area (Å²) in [6, 6.07) is 11.7. The highest BCUT2D eigenvalue weighted by molar-refractivity contribution is 5.91. The number of aromatic nitrogens is 3. The van der Waals surface area contributed by atoms with E-state index >= 15 is 0 Å². The van der Waals surface area contributed by atoms with Crippen LogP contribution in [0.1, 0.15) is 6.42 Å². The molecule has 3 aromatic heterocycles. The van der Waals surface area contributed by atoms with Crippen molar-refractivity contribution in [2.24, 2.45) is 0 Å². The Kier molecular flexibility index (Phi) is 4.56. The molecule has 22 heavy (non-hydrogen) atoms. The fourth-order valence-corrected chi connectivity index (χ4v) is 2.28. The van der Waals surface area contributed by atoms with Gasteiger partial charge in [0.05, 0.1) is 16.9 Å². The SMILES string of the molecule is COCCCNc1nc(-c2ccccn2)cc2ncccc12. The first-order valence-corrected chi connectivity index (χ1v) is 7.28. The van der Waals surface area contributed by atoms with Crippen molar-refractivity contribution in [1.29, 1.82) is 0 Å². The fourth-order valence-electron chi connectivity index (χ4n) is 2.28. The molecule has 3 aromatic rings. The van der Waals surface area contributed by atoms with Gasteiger partial charge in [-0.05, 0) is 36.8 Å². The number of rotatable bonds is 6. The molecule has 0 saturated heterocycles. The molecule has 0 aliphatic carbocycles. The number of pyridine rings is 3. The lowest BCUT2D eigenvalue weighted by Gasteiger charge is -2.10. The average Bonchev–Trinajstić information content (AvgIpc) is 2.59. The van der Waals surface area contributed by atoms with Crippen molar-refractivity contribution in [3.63, 3.8) is 0 Å². The van der Waals surface area contributed by atoms with Gasteiger partial charge < -0.3 is 10.1 Å². The van der Waals surface area contributed by atoms with Gasteiger partial charge in [-0.2, -0.15) is 0 Å². The predicted octanol–water partition coefficient (Wildman–Crippen LogP) is 3.14. The van der Waals surface area contributed by atoms with Crippen LogP contribution in [-0.2, 0) is 4.74 Å². The van der Waals surface area contributed by atoms with Crippen molar-refractivity contribution in [3.8, 4) is 11.4 Å². The van der Waals surface area contributed by atoms with Gasteiger partial charge in [-0.3, -0.25) is 9.97 Å². The minimum absolute atomic E-state index is 0.725. The molecular weight excluding hydrogens is 276 g/mol. The van der Waals surface area contributed by atoms with Crippen molar-refractivity contribution in [1.82, 2.24) is 15.0 Å². The number of nitrogens with one attached hydrogen (secondary N) is 1. The number of nitrogens with zero attached hydrogens (tertiary/aromatic N) is 3. The number of methoxy groups -OCH3 is 1. The van der Waals surface area contributed by atoms with Crippen LogP contribution >= 0.6 is 0 Å². The second-order valence-corrected chi connectivity index (χ2v) is 4.91. The molecule has 5 heteroatoms. The molecule has 0 radical (unpaired) electrons. The molecule has 0 bridgehead atoms. The Morgan fingerprint density at radius 1 is 1.05 bits per heavy atom. The first-order chi connectivity index (χ1) is 10.9. The number of hydrogen-bond donors (Lipinski definition) is 1. The maximum Gasteiger partial charge on any atom is 0.136 e. The van der Waals surface area contributed by atoms with Crippen LogP contribution in [-0.4, -0.2) is 35.2 Å². The monoisotopic (exact) mass is 294 g/mol. The number of fused-ring (bicyclic) bond motifs is 1. The van der Waals surface area contributed by atoms with Crippen molar-refractivity contribution in [3.05, 3.63) is 48.8 Å². The van der Waals surface area contributed by atoms with Crippen molar-refractivity contribution < 1.29 is 4.74 Å². The van der Waals surface area contributed by atoms with E-state index in [1.807, 2.05) is 36.4 Å². The van der Waals surface area contributed by atoms with Gasteiger partial charge >= 0.3 is 0 Å². The average molecular weight is 294 g/mol. The Morgan fingerprint density at radius 2 is 1.95 bits per heavy atom. The zero-order valence-corrected chi connectivity index (χ0v) is 12.5. The Balaban J connectivity index is 1.97. The number of hydrogen-bond acceptors (Lipinski definition) is 5. The molecular formula is C17H18N4O. The minimum atomic E-state index is 0.725. The summed E-state index contributed by atoms with van der Waals surface area (Å²) >= 11 is 0. The first kappa shape index (κ1) is 14.4. The van der Waals surface area contributed by atoms with E-state index in [9.17, 15) is 0 Å². The lowest BCUT2D eigenvalue weighted by Crippen LogP contribution is -2.07. The molecule has 0 saturated carbocycles. The predicted molar refractivity (Wildman–Crippen MR) is 87.8 cm³/mol. The quantitative estimate of drug-likeness (QED) is 0.708. The second kappa shape index (κ2) is 6.95. The summed E-state index contributed by atoms with van der Waals surface area (Å²) < 4.78 is 5.08. The van der Waals surface area contributed by atoms with Crippen molar-refractivity contribution in [2.45, 2.75) is 6.42 Å². The third-order valence-corrected chi connectivity index (χ3v) is 3.34. The highest BCUT2D eigenvalue weighted by atomic mass is 16.5. The lowest BCUT2D eigenvalue weighted by molar-refractivity contribution is 0.198. The van der Waals surface area contributed by atoms with Crippen LogP contribution < -0.4 is 5.32 Å². The molecule has 3 heterocycles. The number of anilines is 1. The minimum Gasteiger partial charge on any atom is -0.385 e. The molecule has 112 valence electrons. The van der Waals surface area contributed by atoms with Crippen LogP contribution in [0.5, 0.6) is 0 Å². The third kappa shape index (κ3) is 3.20. The molecule has 0 fully saturated rings. The largest absolute Gasteiger partial charge is 0.385 e. The van der Waals surface area contributed by atoms with Gasteiger partial charge in [-0.1, -0.05) is 6.07 Å². The van der Waals surface area contributed by atoms with E-state index in [2.05, 4.69) is 15.3 Å². The van der Waals surface area contributed by atoms with Gasteiger partial charge in [0.2, 0.25) is 0 Å². The molecule has 0 amide bonds. The Bertz CT molecular complexity index is 746. The normalized spacial score (nSPS) is 10.8. The fraction of sp³-hybridized carbons (Fsp3) is 0.235. The lowest BCUT2D eigenvalue weighted by atomic mass is 10.2. The van der Waals surface area contributed by atoms with Gasteiger partial charge in [-0.15, -0.1) is 0 Å². The second-order valence-electron chi connectivity index (χ2n) is 4.91. The summed E-state index contributed by atoms with van der Waals surface area (Å²) in [4.78, 5) is 13.5. The number of ether oxygens (including phenoxy) is 1. The standard InChI is InChI=1S/C17H18N4O/c1-22-11-5-10-20-17-13-6-4-9-19-15(13)12-16(21-17)14-7-2-3-8-18-14/h2-4,6-9,12H,5,10-11H2,1H3,(H,20,21). The van der Waals surface area contributed by atoms with E-state index in [1.54, 1.807) is 19.5 Å². The maximum absolute atomic E-state index is 5.08. The van der Waals surface area contributed by atoms with E-state index in [-0.39, 0.29) is 0 Å². The van der Waals surface area contributed by atoms with Crippen LogP contribution in [0.4, 0.5) is 5.82 Å². The van der Waals surface area contributed by atoms with Crippen LogP contribution in [0, 0.1) is 0 Å². The molecule has 0 atom stereocenters. The van der Waals surface area contributed by atoms with Gasteiger partial charge in [-0.25, -0.2) is 4.98 Å². The summed E-state index contributed by atoms with van der Waals surface area (Å²) in [5, 5.41) is 4.39. The highest BCUT2D eigenvalue weighted by Gasteiger charge is 2.08. The van der Waals surface area contributed by atoms with Crippen LogP contribution in [0.2, 0.25) is 0 Å². The molecule has 0 unspecified atom stereocenters.